The summed E-state index contributed by atoms with van der Waals surface area (Å²) in [6, 6.07) is 6.21. The summed E-state index contributed by atoms with van der Waals surface area (Å²) in [5, 5.41) is 5.96. The van der Waals surface area contributed by atoms with Crippen molar-refractivity contribution < 1.29 is 9.59 Å². The van der Waals surface area contributed by atoms with Crippen LogP contribution in [-0.2, 0) is 16.0 Å². The number of rotatable bonds is 1. The fourth-order valence-corrected chi connectivity index (χ4v) is 3.57. The van der Waals surface area contributed by atoms with Gasteiger partial charge in [-0.15, -0.1) is 0 Å². The van der Waals surface area contributed by atoms with Crippen molar-refractivity contribution in [2.45, 2.75) is 25.7 Å². The van der Waals surface area contributed by atoms with Gasteiger partial charge in [-0.05, 0) is 42.5 Å². The van der Waals surface area contributed by atoms with E-state index in [1.807, 2.05) is 19.2 Å². The number of carbonyl (C=O) groups excluding carboxylic acids is 2. The molecule has 0 N–H and O–H groups in total. The van der Waals surface area contributed by atoms with Crippen LogP contribution in [0, 0.1) is 11.8 Å². The Hall–Kier alpha value is -2.17. The predicted molar refractivity (Wildman–Crippen MR) is 83.7 cm³/mol. The highest BCUT2D eigenvalue weighted by Crippen LogP contribution is 2.45. The molecule has 0 saturated heterocycles. The van der Waals surface area contributed by atoms with Gasteiger partial charge in [-0.25, -0.2) is 5.01 Å². The molecular formula is C17H19N3O2. The van der Waals surface area contributed by atoms with Crippen LogP contribution in [-0.4, -0.2) is 36.6 Å². The molecule has 5 nitrogen and oxygen atoms in total. The first kappa shape index (κ1) is 13.5. The smallest absolute Gasteiger partial charge is 0.246 e. The van der Waals surface area contributed by atoms with Gasteiger partial charge in [-0.3, -0.25) is 9.59 Å². The van der Waals surface area contributed by atoms with E-state index in [9.17, 15) is 9.59 Å². The van der Waals surface area contributed by atoms with Crippen molar-refractivity contribution in [2.75, 3.05) is 19.0 Å². The molecule has 114 valence electrons. The maximum atomic E-state index is 12.0. The van der Waals surface area contributed by atoms with Crippen molar-refractivity contribution in [3.05, 3.63) is 29.3 Å². The first-order valence-electron chi connectivity index (χ1n) is 7.82. The highest BCUT2D eigenvalue weighted by atomic mass is 16.2. The van der Waals surface area contributed by atoms with Crippen molar-refractivity contribution in [1.82, 2.24) is 5.01 Å². The summed E-state index contributed by atoms with van der Waals surface area (Å²) in [7, 11) is 3.57. The fraction of sp³-hybridized carbons (Fsp3) is 0.471. The minimum absolute atomic E-state index is 0.126. The Balaban J connectivity index is 1.73. The minimum atomic E-state index is 0.126. The molecule has 2 atom stereocenters. The molecular weight excluding hydrogens is 278 g/mol. The standard InChI is InChI=1S/C17H19N3O2/c1-19-14-7-6-11(8-10(14)4-3-5-15(19)21)16-12-9-13(12)17(22)20(2)18-16/h6-8,12-13H,3-5,9H2,1-2H3. The van der Waals surface area contributed by atoms with Gasteiger partial charge in [0.2, 0.25) is 11.8 Å². The molecule has 1 aromatic carbocycles. The fourth-order valence-electron chi connectivity index (χ4n) is 3.57. The van der Waals surface area contributed by atoms with Crippen LogP contribution in [0.1, 0.15) is 30.4 Å². The molecule has 2 aliphatic heterocycles. The monoisotopic (exact) mass is 297 g/mol. The molecule has 4 rings (SSSR count). The lowest BCUT2D eigenvalue weighted by atomic mass is 9.98. The molecule has 5 heteroatoms. The Morgan fingerprint density at radius 1 is 1.14 bits per heavy atom. The molecule has 2 unspecified atom stereocenters. The van der Waals surface area contributed by atoms with Gasteiger partial charge in [0.1, 0.15) is 0 Å². The van der Waals surface area contributed by atoms with Crippen LogP contribution >= 0.6 is 0 Å². The quantitative estimate of drug-likeness (QED) is 0.793. The number of hydrogen-bond donors (Lipinski definition) is 0. The second kappa shape index (κ2) is 4.66. The average Bonchev–Trinajstić information content (AvgIpc) is 3.31. The van der Waals surface area contributed by atoms with Gasteiger partial charge in [-0.1, -0.05) is 6.07 Å². The zero-order chi connectivity index (χ0) is 15.4. The summed E-state index contributed by atoms with van der Waals surface area (Å²) in [6.45, 7) is 0. The normalized spacial score (nSPS) is 27.1. The van der Waals surface area contributed by atoms with Gasteiger partial charge in [0.15, 0.2) is 0 Å². The highest BCUT2D eigenvalue weighted by molar-refractivity contribution is 6.10. The molecule has 1 fully saturated rings. The zero-order valence-corrected chi connectivity index (χ0v) is 12.9. The van der Waals surface area contributed by atoms with Gasteiger partial charge in [0.05, 0.1) is 5.71 Å². The summed E-state index contributed by atoms with van der Waals surface area (Å²) in [5.74, 6) is 0.718. The van der Waals surface area contributed by atoms with E-state index in [4.69, 9.17) is 0 Å². The summed E-state index contributed by atoms with van der Waals surface area (Å²) < 4.78 is 0. The van der Waals surface area contributed by atoms with Crippen molar-refractivity contribution in [3.63, 3.8) is 0 Å². The van der Waals surface area contributed by atoms with Crippen LogP contribution < -0.4 is 4.90 Å². The number of amides is 2. The van der Waals surface area contributed by atoms with Crippen molar-refractivity contribution in [2.24, 2.45) is 16.9 Å². The number of hydrogen-bond acceptors (Lipinski definition) is 3. The van der Waals surface area contributed by atoms with E-state index < -0.39 is 0 Å². The topological polar surface area (TPSA) is 53.0 Å². The Labute approximate surface area is 129 Å². The van der Waals surface area contributed by atoms with E-state index in [2.05, 4.69) is 11.2 Å². The highest BCUT2D eigenvalue weighted by Gasteiger charge is 2.51. The van der Waals surface area contributed by atoms with E-state index in [-0.39, 0.29) is 23.7 Å². The lowest BCUT2D eigenvalue weighted by Crippen LogP contribution is -2.31. The zero-order valence-electron chi connectivity index (χ0n) is 12.9. The van der Waals surface area contributed by atoms with Crippen molar-refractivity contribution >= 4 is 23.2 Å². The third kappa shape index (κ3) is 1.95. The number of anilines is 1. The van der Waals surface area contributed by atoms with Crippen LogP contribution in [0.4, 0.5) is 5.69 Å². The van der Waals surface area contributed by atoms with Crippen molar-refractivity contribution in [3.8, 4) is 0 Å². The molecule has 3 aliphatic rings. The van der Waals surface area contributed by atoms with Gasteiger partial charge in [0, 0.05) is 38.0 Å². The Bertz CT molecular complexity index is 710. The molecule has 0 radical (unpaired) electrons. The first-order valence-corrected chi connectivity index (χ1v) is 7.82. The van der Waals surface area contributed by atoms with E-state index in [0.717, 1.165) is 36.2 Å². The second-order valence-electron chi connectivity index (χ2n) is 6.45. The van der Waals surface area contributed by atoms with E-state index >= 15 is 0 Å². The van der Waals surface area contributed by atoms with Crippen LogP contribution in [0.15, 0.2) is 23.3 Å². The SMILES string of the molecule is CN1N=C(c2ccc3c(c2)CCCC(=O)N3C)C2CC2C1=O. The lowest BCUT2D eigenvalue weighted by molar-refractivity contribution is -0.131. The molecule has 1 saturated carbocycles. The molecule has 2 heterocycles. The number of aryl methyl sites for hydroxylation is 1. The molecule has 1 aliphatic carbocycles. The maximum absolute atomic E-state index is 12.0. The maximum Gasteiger partial charge on any atom is 0.246 e. The van der Waals surface area contributed by atoms with Crippen LogP contribution in [0.3, 0.4) is 0 Å². The van der Waals surface area contributed by atoms with E-state index in [0.29, 0.717) is 6.42 Å². The second-order valence-corrected chi connectivity index (χ2v) is 6.45. The summed E-state index contributed by atoms with van der Waals surface area (Å²) in [5.41, 5.74) is 4.31. The van der Waals surface area contributed by atoms with Gasteiger partial charge in [0.25, 0.3) is 0 Å². The van der Waals surface area contributed by atoms with E-state index in [1.165, 1.54) is 10.6 Å². The third-order valence-corrected chi connectivity index (χ3v) is 4.98. The number of nitrogens with zero attached hydrogens (tertiary/aromatic N) is 3. The molecule has 2 amide bonds. The average molecular weight is 297 g/mol. The third-order valence-electron chi connectivity index (χ3n) is 4.98. The Kier molecular flexibility index (Phi) is 2.86. The lowest BCUT2D eigenvalue weighted by Gasteiger charge is -2.21. The predicted octanol–water partition coefficient (Wildman–Crippen LogP) is 1.80. The van der Waals surface area contributed by atoms with Crippen molar-refractivity contribution in [1.29, 1.82) is 0 Å². The molecule has 22 heavy (non-hydrogen) atoms. The molecule has 0 aromatic heterocycles. The number of carbonyl (C=O) groups is 2. The number of fused-ring (bicyclic) bond motifs is 2. The summed E-state index contributed by atoms with van der Waals surface area (Å²) >= 11 is 0. The van der Waals surface area contributed by atoms with Crippen LogP contribution in [0.5, 0.6) is 0 Å². The summed E-state index contributed by atoms with van der Waals surface area (Å²) in [6.07, 6.45) is 3.31. The molecule has 1 aromatic rings. The Morgan fingerprint density at radius 2 is 1.95 bits per heavy atom. The summed E-state index contributed by atoms with van der Waals surface area (Å²) in [4.78, 5) is 25.6. The molecule has 0 spiro atoms. The van der Waals surface area contributed by atoms with Crippen LogP contribution in [0.2, 0.25) is 0 Å². The van der Waals surface area contributed by atoms with Gasteiger partial charge < -0.3 is 4.90 Å². The Morgan fingerprint density at radius 3 is 2.77 bits per heavy atom. The van der Waals surface area contributed by atoms with Crippen LogP contribution in [0.25, 0.3) is 0 Å². The van der Waals surface area contributed by atoms with Gasteiger partial charge in [-0.2, -0.15) is 5.10 Å². The number of benzene rings is 1. The number of hydrazone groups is 1. The van der Waals surface area contributed by atoms with E-state index in [1.54, 1.807) is 11.9 Å². The first-order chi connectivity index (χ1) is 10.6. The van der Waals surface area contributed by atoms with Gasteiger partial charge >= 0.3 is 0 Å². The largest absolute Gasteiger partial charge is 0.315 e. The molecule has 0 bridgehead atoms. The minimum Gasteiger partial charge on any atom is -0.315 e.